The summed E-state index contributed by atoms with van der Waals surface area (Å²) in [5.74, 6) is 0.707. The fourth-order valence-electron chi connectivity index (χ4n) is 3.92. The monoisotopic (exact) mass is 355 g/mol. The first kappa shape index (κ1) is 17.4. The van der Waals surface area contributed by atoms with E-state index in [-0.39, 0.29) is 11.7 Å². The molecule has 0 aliphatic carbocycles. The molecule has 26 heavy (non-hydrogen) atoms. The van der Waals surface area contributed by atoms with E-state index in [9.17, 15) is 0 Å². The van der Waals surface area contributed by atoms with E-state index in [0.717, 1.165) is 43.6 Å². The lowest BCUT2D eigenvalue weighted by atomic mass is 9.98. The molecule has 0 N–H and O–H groups in total. The number of aromatic nitrogens is 2. The molecule has 2 aromatic heterocycles. The summed E-state index contributed by atoms with van der Waals surface area (Å²) in [5, 5.41) is 0. The Morgan fingerprint density at radius 3 is 3.08 bits per heavy atom. The van der Waals surface area contributed by atoms with Crippen LogP contribution in [0.25, 0.3) is 0 Å². The van der Waals surface area contributed by atoms with E-state index in [1.165, 1.54) is 0 Å². The van der Waals surface area contributed by atoms with Crippen molar-refractivity contribution in [1.29, 1.82) is 0 Å². The Morgan fingerprint density at radius 2 is 2.23 bits per heavy atom. The molecule has 2 aliphatic heterocycles. The highest BCUT2D eigenvalue weighted by molar-refractivity contribution is 5.25. The van der Waals surface area contributed by atoms with E-state index < -0.39 is 0 Å². The second-order valence-electron chi connectivity index (χ2n) is 7.12. The number of hydrogen-bond donors (Lipinski definition) is 0. The molecule has 2 aromatic rings. The van der Waals surface area contributed by atoms with Gasteiger partial charge in [-0.1, -0.05) is 12.1 Å². The van der Waals surface area contributed by atoms with Crippen LogP contribution >= 0.6 is 0 Å². The van der Waals surface area contributed by atoms with Crippen LogP contribution in [0.15, 0.2) is 42.9 Å². The van der Waals surface area contributed by atoms with E-state index >= 15 is 0 Å². The topological polar surface area (TPSA) is 56.7 Å². The van der Waals surface area contributed by atoms with Crippen LogP contribution in [-0.4, -0.2) is 53.4 Å². The molecule has 0 radical (unpaired) electrons. The van der Waals surface area contributed by atoms with E-state index in [2.05, 4.69) is 20.9 Å². The molecule has 2 aliphatic rings. The molecular formula is C20H25N3O3. The third kappa shape index (κ3) is 3.87. The Bertz CT molecular complexity index is 727. The van der Waals surface area contributed by atoms with Gasteiger partial charge in [-0.05, 0) is 24.1 Å². The van der Waals surface area contributed by atoms with Crippen LogP contribution in [0.4, 0.5) is 0 Å². The molecule has 2 atom stereocenters. The minimum Gasteiger partial charge on any atom is -0.481 e. The second-order valence-corrected chi connectivity index (χ2v) is 7.12. The van der Waals surface area contributed by atoms with Gasteiger partial charge in [-0.2, -0.15) is 0 Å². The normalized spacial score (nSPS) is 25.8. The predicted octanol–water partition coefficient (Wildman–Crippen LogP) is 2.44. The largest absolute Gasteiger partial charge is 0.481 e. The Hall–Kier alpha value is -2.02. The maximum absolute atomic E-state index is 6.20. The Labute approximate surface area is 154 Å². The molecule has 6 heteroatoms. The van der Waals surface area contributed by atoms with Gasteiger partial charge in [0.2, 0.25) is 5.88 Å². The highest BCUT2D eigenvalue weighted by atomic mass is 16.6. The van der Waals surface area contributed by atoms with Crippen LogP contribution in [-0.2, 0) is 22.6 Å². The maximum Gasteiger partial charge on any atom is 0.217 e. The van der Waals surface area contributed by atoms with Crippen LogP contribution in [0.5, 0.6) is 5.88 Å². The zero-order chi connectivity index (χ0) is 17.8. The van der Waals surface area contributed by atoms with Gasteiger partial charge in [-0.25, -0.2) is 4.98 Å². The standard InChI is InChI=1S/C20H25N3O3/c1-24-19-17(5-3-8-22-19)12-23-9-6-20(15-23)10-18(14-26-20)25-13-16-4-2-7-21-11-16/h2-5,7-8,11,18H,6,9-10,12-15H2,1H3/t18-,20+/m1/s1. The molecule has 0 aromatic carbocycles. The van der Waals surface area contributed by atoms with Gasteiger partial charge in [0.1, 0.15) is 0 Å². The zero-order valence-corrected chi connectivity index (χ0v) is 15.1. The average Bonchev–Trinajstić information content (AvgIpc) is 3.27. The fourth-order valence-corrected chi connectivity index (χ4v) is 3.92. The van der Waals surface area contributed by atoms with Gasteiger partial charge >= 0.3 is 0 Å². The van der Waals surface area contributed by atoms with Crippen molar-refractivity contribution in [3.63, 3.8) is 0 Å². The van der Waals surface area contributed by atoms with Crippen molar-refractivity contribution in [3.05, 3.63) is 54.0 Å². The lowest BCUT2D eigenvalue weighted by Gasteiger charge is -2.23. The highest BCUT2D eigenvalue weighted by Crippen LogP contribution is 2.37. The van der Waals surface area contributed by atoms with Crippen LogP contribution in [0.2, 0.25) is 0 Å². The minimum absolute atomic E-state index is 0.0744. The van der Waals surface area contributed by atoms with Gasteiger partial charge in [0.15, 0.2) is 0 Å². The number of likely N-dealkylation sites (tertiary alicyclic amines) is 1. The summed E-state index contributed by atoms with van der Waals surface area (Å²) < 4.78 is 17.6. The average molecular weight is 355 g/mol. The third-order valence-corrected chi connectivity index (χ3v) is 5.22. The lowest BCUT2D eigenvalue weighted by Crippen LogP contribution is -2.33. The molecular weight excluding hydrogens is 330 g/mol. The van der Waals surface area contributed by atoms with Crippen molar-refractivity contribution in [2.45, 2.75) is 37.7 Å². The molecule has 0 amide bonds. The SMILES string of the molecule is COc1ncccc1CN1CC[C@]2(C[C@@H](OCc3cccnc3)CO2)C1. The van der Waals surface area contributed by atoms with Crippen LogP contribution in [0, 0.1) is 0 Å². The molecule has 6 nitrogen and oxygen atoms in total. The number of rotatable bonds is 6. The summed E-state index contributed by atoms with van der Waals surface area (Å²) in [7, 11) is 1.67. The number of ether oxygens (including phenoxy) is 3. The first-order chi connectivity index (χ1) is 12.8. The molecule has 2 saturated heterocycles. The van der Waals surface area contributed by atoms with Gasteiger partial charge < -0.3 is 14.2 Å². The maximum atomic E-state index is 6.20. The van der Waals surface area contributed by atoms with E-state index in [1.807, 2.05) is 24.4 Å². The van der Waals surface area contributed by atoms with Crippen molar-refractivity contribution >= 4 is 0 Å². The summed E-state index contributed by atoms with van der Waals surface area (Å²) in [6.07, 6.45) is 7.54. The molecule has 4 rings (SSSR count). The van der Waals surface area contributed by atoms with Gasteiger partial charge in [-0.15, -0.1) is 0 Å². The van der Waals surface area contributed by atoms with Crippen molar-refractivity contribution in [2.75, 3.05) is 26.8 Å². The van der Waals surface area contributed by atoms with Crippen molar-refractivity contribution in [2.24, 2.45) is 0 Å². The molecule has 0 saturated carbocycles. The van der Waals surface area contributed by atoms with E-state index in [1.54, 1.807) is 19.5 Å². The number of methoxy groups -OCH3 is 1. The third-order valence-electron chi connectivity index (χ3n) is 5.22. The lowest BCUT2D eigenvalue weighted by molar-refractivity contribution is -0.000485. The van der Waals surface area contributed by atoms with Crippen molar-refractivity contribution in [3.8, 4) is 5.88 Å². The number of hydrogen-bond acceptors (Lipinski definition) is 6. The summed E-state index contributed by atoms with van der Waals surface area (Å²) in [5.41, 5.74) is 2.15. The fraction of sp³-hybridized carbons (Fsp3) is 0.500. The van der Waals surface area contributed by atoms with Gasteiger partial charge in [-0.3, -0.25) is 9.88 Å². The van der Waals surface area contributed by atoms with Crippen LogP contribution in [0.3, 0.4) is 0 Å². The summed E-state index contributed by atoms with van der Waals surface area (Å²) in [4.78, 5) is 10.8. The first-order valence-electron chi connectivity index (χ1n) is 9.11. The smallest absolute Gasteiger partial charge is 0.217 e. The number of pyridine rings is 2. The van der Waals surface area contributed by atoms with Gasteiger partial charge in [0.25, 0.3) is 0 Å². The Balaban J connectivity index is 1.30. The molecule has 2 fully saturated rings. The van der Waals surface area contributed by atoms with Gasteiger partial charge in [0, 0.05) is 50.2 Å². The van der Waals surface area contributed by atoms with E-state index in [4.69, 9.17) is 14.2 Å². The van der Waals surface area contributed by atoms with Crippen molar-refractivity contribution in [1.82, 2.24) is 14.9 Å². The molecule has 138 valence electrons. The Kier molecular flexibility index (Phi) is 5.15. The summed E-state index contributed by atoms with van der Waals surface area (Å²) in [6, 6.07) is 8.01. The summed E-state index contributed by atoms with van der Waals surface area (Å²) in [6.45, 7) is 4.05. The molecule has 0 bridgehead atoms. The Morgan fingerprint density at radius 1 is 1.31 bits per heavy atom. The molecule has 1 spiro atoms. The predicted molar refractivity (Wildman–Crippen MR) is 96.8 cm³/mol. The highest BCUT2D eigenvalue weighted by Gasteiger charge is 2.45. The van der Waals surface area contributed by atoms with E-state index in [0.29, 0.717) is 19.1 Å². The minimum atomic E-state index is -0.0744. The van der Waals surface area contributed by atoms with Crippen molar-refractivity contribution < 1.29 is 14.2 Å². The number of nitrogens with zero attached hydrogens (tertiary/aromatic N) is 3. The van der Waals surface area contributed by atoms with Crippen LogP contribution < -0.4 is 4.74 Å². The van der Waals surface area contributed by atoms with Gasteiger partial charge in [0.05, 0.1) is 32.0 Å². The van der Waals surface area contributed by atoms with Crippen LogP contribution in [0.1, 0.15) is 24.0 Å². The zero-order valence-electron chi connectivity index (χ0n) is 15.1. The molecule has 0 unspecified atom stereocenters. The quantitative estimate of drug-likeness (QED) is 0.793. The molecule has 4 heterocycles. The summed E-state index contributed by atoms with van der Waals surface area (Å²) >= 11 is 0. The first-order valence-corrected chi connectivity index (χ1v) is 9.11. The second kappa shape index (κ2) is 7.70.